The molecule has 142 valence electrons. The van der Waals surface area contributed by atoms with Gasteiger partial charge < -0.3 is 0 Å². The molecule has 0 aromatic rings. The monoisotopic (exact) mass is 342 g/mol. The van der Waals surface area contributed by atoms with E-state index in [1.54, 1.807) is 5.57 Å². The molecule has 0 saturated carbocycles. The highest BCUT2D eigenvalue weighted by Gasteiger charge is 2.29. The molecule has 1 fully saturated rings. The molecule has 0 aromatic carbocycles. The van der Waals surface area contributed by atoms with Crippen LogP contribution in [-0.2, 0) is 0 Å². The van der Waals surface area contributed by atoms with Gasteiger partial charge in [0.15, 0.2) is 0 Å². The minimum absolute atomic E-state index is 0.741. The molecule has 0 amide bonds. The van der Waals surface area contributed by atoms with Crippen LogP contribution in [0.5, 0.6) is 0 Å². The van der Waals surface area contributed by atoms with Crippen molar-refractivity contribution in [2.24, 2.45) is 35.5 Å². The van der Waals surface area contributed by atoms with Crippen molar-refractivity contribution < 1.29 is 0 Å². The lowest BCUT2D eigenvalue weighted by atomic mass is 9.54. The molecule has 2 aliphatic rings. The molecule has 1 aliphatic carbocycles. The molecular weight excluding hydrogens is 299 g/mol. The summed E-state index contributed by atoms with van der Waals surface area (Å²) in [4.78, 5) is 0. The van der Waals surface area contributed by atoms with Crippen molar-refractivity contribution in [1.29, 1.82) is 0 Å². The molecule has 2 rings (SSSR count). The van der Waals surface area contributed by atoms with Gasteiger partial charge in [0.1, 0.15) is 7.28 Å². The van der Waals surface area contributed by atoms with E-state index in [0.717, 1.165) is 35.5 Å². The van der Waals surface area contributed by atoms with E-state index in [0.29, 0.717) is 0 Å². The van der Waals surface area contributed by atoms with Crippen LogP contribution in [0, 0.1) is 35.5 Å². The lowest BCUT2D eigenvalue weighted by Crippen LogP contribution is -2.28. The van der Waals surface area contributed by atoms with Gasteiger partial charge >= 0.3 is 0 Å². The molecule has 4 unspecified atom stereocenters. The standard InChI is InChI=1S/C24H43B/c1-6-22(13-12-18(2)23-10-8-7-9-11-23)16-19(3)21(5)24-14-15-25-17-20(24)4/h8,10,16,18-21,23-25H,6-7,9,11-15,17H2,1-5H3/b22-16+/t18?,19?,20?,21?,23-,24+/m0/s1. The molecule has 1 aliphatic heterocycles. The first-order valence-corrected chi connectivity index (χ1v) is 11.4. The summed E-state index contributed by atoms with van der Waals surface area (Å²) in [7, 11) is 1.46. The third-order valence-electron chi connectivity index (χ3n) is 7.58. The Morgan fingerprint density at radius 1 is 1.24 bits per heavy atom. The topological polar surface area (TPSA) is 0 Å². The average Bonchev–Trinajstić information content (AvgIpc) is 2.65. The van der Waals surface area contributed by atoms with Gasteiger partial charge in [-0.15, -0.1) is 0 Å². The molecule has 0 radical (unpaired) electrons. The van der Waals surface area contributed by atoms with Gasteiger partial charge in [0, 0.05) is 0 Å². The summed E-state index contributed by atoms with van der Waals surface area (Å²) in [5.41, 5.74) is 1.72. The summed E-state index contributed by atoms with van der Waals surface area (Å²) in [6.07, 6.45) is 20.0. The van der Waals surface area contributed by atoms with Gasteiger partial charge in [-0.3, -0.25) is 0 Å². The van der Waals surface area contributed by atoms with E-state index in [4.69, 9.17) is 0 Å². The predicted molar refractivity (Wildman–Crippen MR) is 116 cm³/mol. The van der Waals surface area contributed by atoms with Crippen LogP contribution in [-0.4, -0.2) is 7.28 Å². The first kappa shape index (κ1) is 20.9. The molecule has 6 atom stereocenters. The van der Waals surface area contributed by atoms with Crippen LogP contribution in [0.1, 0.15) is 79.6 Å². The summed E-state index contributed by atoms with van der Waals surface area (Å²) in [6, 6.07) is 0. The zero-order valence-electron chi connectivity index (χ0n) is 17.8. The van der Waals surface area contributed by atoms with E-state index >= 15 is 0 Å². The highest BCUT2D eigenvalue weighted by atomic mass is 14.3. The van der Waals surface area contributed by atoms with Crippen molar-refractivity contribution in [2.45, 2.75) is 92.2 Å². The van der Waals surface area contributed by atoms with Crippen LogP contribution < -0.4 is 0 Å². The van der Waals surface area contributed by atoms with E-state index in [9.17, 15) is 0 Å². The molecular formula is C24H43B. The number of allylic oxidation sites excluding steroid dienone is 4. The highest BCUT2D eigenvalue weighted by Crippen LogP contribution is 2.37. The fraction of sp³-hybridized carbons (Fsp3) is 0.833. The van der Waals surface area contributed by atoms with Gasteiger partial charge in [-0.1, -0.05) is 77.5 Å². The zero-order chi connectivity index (χ0) is 18.2. The van der Waals surface area contributed by atoms with E-state index < -0.39 is 0 Å². The van der Waals surface area contributed by atoms with Gasteiger partial charge in [0.05, 0.1) is 0 Å². The Hall–Kier alpha value is -0.455. The molecule has 0 bridgehead atoms. The number of rotatable bonds is 8. The SMILES string of the molecule is CC/C(=C\C(C)C(C)[C@@H]1CCBCC1C)CCC(C)[C@H]1C=CCCC1. The summed E-state index contributed by atoms with van der Waals surface area (Å²) < 4.78 is 0. The fourth-order valence-corrected chi connectivity index (χ4v) is 5.36. The van der Waals surface area contributed by atoms with Crippen molar-refractivity contribution in [1.82, 2.24) is 0 Å². The smallest absolute Gasteiger partial charge is 0.0882 e. The predicted octanol–water partition coefficient (Wildman–Crippen LogP) is 7.30. The van der Waals surface area contributed by atoms with E-state index in [2.05, 4.69) is 52.8 Å². The largest absolute Gasteiger partial charge is 0.120 e. The van der Waals surface area contributed by atoms with E-state index in [-0.39, 0.29) is 0 Å². The van der Waals surface area contributed by atoms with Crippen LogP contribution in [0.25, 0.3) is 0 Å². The van der Waals surface area contributed by atoms with Crippen LogP contribution in [0.15, 0.2) is 23.8 Å². The maximum atomic E-state index is 2.66. The summed E-state index contributed by atoms with van der Waals surface area (Å²) >= 11 is 0. The fourth-order valence-electron chi connectivity index (χ4n) is 5.36. The molecule has 1 saturated heterocycles. The Kier molecular flexibility index (Phi) is 8.87. The summed E-state index contributed by atoms with van der Waals surface area (Å²) in [6.45, 7) is 12.3. The molecule has 0 nitrogen and oxygen atoms in total. The van der Waals surface area contributed by atoms with Gasteiger partial charge in [0.25, 0.3) is 0 Å². The molecule has 0 N–H and O–H groups in total. The quantitative estimate of drug-likeness (QED) is 0.321. The number of hydrogen-bond donors (Lipinski definition) is 0. The highest BCUT2D eigenvalue weighted by molar-refractivity contribution is 6.35. The van der Waals surface area contributed by atoms with Crippen LogP contribution in [0.4, 0.5) is 0 Å². The lowest BCUT2D eigenvalue weighted by Gasteiger charge is -2.36. The molecule has 0 aromatic heterocycles. The second-order valence-corrected chi connectivity index (χ2v) is 9.36. The molecule has 1 heterocycles. The Bertz CT molecular complexity index is 435. The Labute approximate surface area is 159 Å². The maximum Gasteiger partial charge on any atom is 0.120 e. The average molecular weight is 342 g/mol. The van der Waals surface area contributed by atoms with E-state index in [1.807, 2.05) is 0 Å². The number of hydrogen-bond acceptors (Lipinski definition) is 0. The zero-order valence-corrected chi connectivity index (χ0v) is 17.8. The Balaban J connectivity index is 1.87. The van der Waals surface area contributed by atoms with Crippen LogP contribution >= 0.6 is 0 Å². The Morgan fingerprint density at radius 2 is 2.04 bits per heavy atom. The minimum Gasteiger partial charge on any atom is -0.0882 e. The first-order chi connectivity index (χ1) is 12.0. The van der Waals surface area contributed by atoms with Gasteiger partial charge in [0.2, 0.25) is 0 Å². The Morgan fingerprint density at radius 3 is 2.68 bits per heavy atom. The third-order valence-corrected chi connectivity index (χ3v) is 7.58. The summed E-state index contributed by atoms with van der Waals surface area (Å²) in [5.74, 6) is 5.15. The normalized spacial score (nSPS) is 31.2. The third kappa shape index (κ3) is 6.33. The first-order valence-electron chi connectivity index (χ1n) is 11.4. The minimum atomic E-state index is 0.741. The van der Waals surface area contributed by atoms with Crippen molar-refractivity contribution in [3.63, 3.8) is 0 Å². The summed E-state index contributed by atoms with van der Waals surface area (Å²) in [5, 5.41) is 0. The second-order valence-electron chi connectivity index (χ2n) is 9.36. The van der Waals surface area contributed by atoms with Crippen LogP contribution in [0.2, 0.25) is 12.6 Å². The van der Waals surface area contributed by atoms with Gasteiger partial charge in [-0.2, -0.15) is 0 Å². The van der Waals surface area contributed by atoms with Gasteiger partial charge in [-0.25, -0.2) is 0 Å². The van der Waals surface area contributed by atoms with Crippen molar-refractivity contribution in [3.05, 3.63) is 23.8 Å². The molecule has 25 heavy (non-hydrogen) atoms. The van der Waals surface area contributed by atoms with Crippen molar-refractivity contribution in [3.8, 4) is 0 Å². The molecule has 0 spiro atoms. The van der Waals surface area contributed by atoms with Gasteiger partial charge in [-0.05, 0) is 74.0 Å². The van der Waals surface area contributed by atoms with Crippen molar-refractivity contribution in [2.75, 3.05) is 0 Å². The van der Waals surface area contributed by atoms with Crippen molar-refractivity contribution >= 4 is 7.28 Å². The second kappa shape index (κ2) is 10.6. The lowest BCUT2D eigenvalue weighted by molar-refractivity contribution is 0.214. The molecule has 1 heteroatoms. The maximum absolute atomic E-state index is 2.66. The van der Waals surface area contributed by atoms with Crippen LogP contribution in [0.3, 0.4) is 0 Å². The van der Waals surface area contributed by atoms with E-state index in [1.165, 1.54) is 64.9 Å².